The Hall–Kier alpha value is -1.69. The fraction of sp³-hybridized carbons (Fsp3) is 0.417. The number of nitrogens with one attached hydrogen (secondary N) is 2. The van der Waals surface area contributed by atoms with E-state index in [0.717, 1.165) is 12.1 Å². The Kier molecular flexibility index (Phi) is 6.07. The molecule has 0 atom stereocenters. The molecule has 4 N–H and O–H groups in total. The fourth-order valence-corrected chi connectivity index (χ4v) is 1.44. The van der Waals surface area contributed by atoms with Crippen molar-refractivity contribution in [2.45, 2.75) is 26.3 Å². The molecule has 18 heavy (non-hydrogen) atoms. The first-order valence-corrected chi connectivity index (χ1v) is 6.26. The fourth-order valence-electron chi connectivity index (χ4n) is 1.34. The molecule has 98 valence electrons. The average Bonchev–Trinajstić information content (AvgIpc) is 2.28. The Morgan fingerprint density at radius 1 is 1.50 bits per heavy atom. The molecule has 1 rings (SSSR count). The Morgan fingerprint density at radius 2 is 2.28 bits per heavy atom. The average molecular weight is 265 g/mol. The first kappa shape index (κ1) is 14.4. The molecular formula is C12H19N5S. The number of aromatic nitrogens is 1. The summed E-state index contributed by atoms with van der Waals surface area (Å²) in [5.74, 6) is 0.605. The molecule has 0 saturated carbocycles. The molecule has 0 aliphatic rings. The molecule has 1 aromatic heterocycles. The second-order valence-corrected chi connectivity index (χ2v) is 4.53. The lowest BCUT2D eigenvalue weighted by Gasteiger charge is -2.13. The zero-order valence-electron chi connectivity index (χ0n) is 10.7. The largest absolute Gasteiger partial charge is 0.376 e. The molecular weight excluding hydrogens is 246 g/mol. The summed E-state index contributed by atoms with van der Waals surface area (Å²) in [4.78, 5) is 8.62. The third kappa shape index (κ3) is 6.15. The summed E-state index contributed by atoms with van der Waals surface area (Å²) in [5, 5.41) is 6.18. The van der Waals surface area contributed by atoms with E-state index in [1.165, 1.54) is 0 Å². The molecule has 0 spiro atoms. The Bertz CT molecular complexity index is 402. The van der Waals surface area contributed by atoms with E-state index >= 15 is 0 Å². The lowest BCUT2D eigenvalue weighted by atomic mass is 10.3. The van der Waals surface area contributed by atoms with Crippen LogP contribution in [0.1, 0.15) is 19.5 Å². The molecule has 0 unspecified atom stereocenters. The van der Waals surface area contributed by atoms with Crippen molar-refractivity contribution in [3.63, 3.8) is 0 Å². The van der Waals surface area contributed by atoms with Crippen molar-refractivity contribution in [3.05, 3.63) is 30.1 Å². The van der Waals surface area contributed by atoms with Gasteiger partial charge in [0.05, 0.1) is 0 Å². The first-order chi connectivity index (χ1) is 8.58. The summed E-state index contributed by atoms with van der Waals surface area (Å²) in [6.45, 7) is 4.67. The van der Waals surface area contributed by atoms with E-state index in [-0.39, 0.29) is 11.2 Å². The van der Waals surface area contributed by atoms with Crippen molar-refractivity contribution in [2.24, 2.45) is 10.7 Å². The third-order valence-electron chi connectivity index (χ3n) is 2.03. The maximum absolute atomic E-state index is 5.44. The quantitative estimate of drug-likeness (QED) is 0.427. The topological polar surface area (TPSA) is 75.3 Å². The zero-order chi connectivity index (χ0) is 13.4. The maximum Gasteiger partial charge on any atom is 0.197 e. The van der Waals surface area contributed by atoms with Gasteiger partial charge in [-0.2, -0.15) is 0 Å². The molecule has 0 amide bonds. The highest BCUT2D eigenvalue weighted by Gasteiger charge is 2.01. The monoisotopic (exact) mass is 265 g/mol. The highest BCUT2D eigenvalue weighted by atomic mass is 32.1. The van der Waals surface area contributed by atoms with Crippen molar-refractivity contribution < 1.29 is 0 Å². The lowest BCUT2D eigenvalue weighted by molar-refractivity contribution is 0.716. The van der Waals surface area contributed by atoms with Crippen LogP contribution < -0.4 is 16.4 Å². The first-order valence-electron chi connectivity index (χ1n) is 5.85. The Labute approximate surface area is 113 Å². The lowest BCUT2D eigenvalue weighted by Crippen LogP contribution is -2.46. The van der Waals surface area contributed by atoms with Crippen LogP contribution in [-0.2, 0) is 6.42 Å². The van der Waals surface area contributed by atoms with E-state index in [9.17, 15) is 0 Å². The van der Waals surface area contributed by atoms with E-state index in [0.29, 0.717) is 12.5 Å². The molecule has 1 heterocycles. The number of nitrogens with zero attached hydrogens (tertiary/aromatic N) is 2. The number of aliphatic imine (C=N–C) groups is 1. The summed E-state index contributed by atoms with van der Waals surface area (Å²) >= 11 is 4.80. The number of nitrogens with two attached hydrogens (primary N) is 1. The Morgan fingerprint density at radius 3 is 2.83 bits per heavy atom. The number of rotatable bonds is 4. The second-order valence-electron chi connectivity index (χ2n) is 4.09. The highest BCUT2D eigenvalue weighted by Crippen LogP contribution is 1.94. The van der Waals surface area contributed by atoms with Gasteiger partial charge in [-0.3, -0.25) is 9.98 Å². The predicted molar refractivity (Wildman–Crippen MR) is 78.4 cm³/mol. The van der Waals surface area contributed by atoms with Gasteiger partial charge in [0.1, 0.15) is 0 Å². The van der Waals surface area contributed by atoms with Crippen molar-refractivity contribution in [2.75, 3.05) is 6.54 Å². The van der Waals surface area contributed by atoms with Crippen LogP contribution in [-0.4, -0.2) is 28.6 Å². The maximum atomic E-state index is 5.44. The molecule has 0 bridgehead atoms. The molecule has 5 nitrogen and oxygen atoms in total. The van der Waals surface area contributed by atoms with Gasteiger partial charge in [-0.15, -0.1) is 0 Å². The summed E-state index contributed by atoms with van der Waals surface area (Å²) < 4.78 is 0. The molecule has 0 aliphatic heterocycles. The number of guanidine groups is 1. The molecule has 1 aromatic rings. The Balaban J connectivity index is 2.51. The van der Waals surface area contributed by atoms with Crippen molar-refractivity contribution in [1.82, 2.24) is 15.6 Å². The van der Waals surface area contributed by atoms with E-state index in [4.69, 9.17) is 18.0 Å². The zero-order valence-corrected chi connectivity index (χ0v) is 11.5. The third-order valence-corrected chi connectivity index (χ3v) is 2.13. The predicted octanol–water partition coefficient (Wildman–Crippen LogP) is 0.811. The van der Waals surface area contributed by atoms with Crippen LogP contribution in [0.4, 0.5) is 0 Å². The summed E-state index contributed by atoms with van der Waals surface area (Å²) in [7, 11) is 0. The van der Waals surface area contributed by atoms with Gasteiger partial charge >= 0.3 is 0 Å². The van der Waals surface area contributed by atoms with E-state index in [2.05, 4.69) is 20.6 Å². The number of hydrogen-bond acceptors (Lipinski definition) is 3. The second kappa shape index (κ2) is 7.60. The molecule has 6 heteroatoms. The number of thiocarbonyl (C=S) groups is 1. The SMILES string of the molecule is CC(C)NC(=NCCc1ccccn1)NC(N)=S. The highest BCUT2D eigenvalue weighted by molar-refractivity contribution is 7.80. The van der Waals surface area contributed by atoms with Crippen LogP contribution in [0, 0.1) is 0 Å². The van der Waals surface area contributed by atoms with Crippen LogP contribution in [0.3, 0.4) is 0 Å². The standard InChI is InChI=1S/C12H19N5S/c1-9(2)16-12(17-11(13)18)15-8-6-10-5-3-4-7-14-10/h3-5,7,9H,6,8H2,1-2H3,(H4,13,15,16,17,18). The van der Waals surface area contributed by atoms with Crippen LogP contribution in [0.15, 0.2) is 29.4 Å². The molecule has 0 saturated heterocycles. The van der Waals surface area contributed by atoms with Gasteiger partial charge in [0.15, 0.2) is 11.1 Å². The number of hydrogen-bond donors (Lipinski definition) is 3. The van der Waals surface area contributed by atoms with Gasteiger partial charge in [-0.25, -0.2) is 0 Å². The minimum absolute atomic E-state index is 0.208. The van der Waals surface area contributed by atoms with E-state index < -0.39 is 0 Å². The van der Waals surface area contributed by atoms with Crippen molar-refractivity contribution >= 4 is 23.3 Å². The summed E-state index contributed by atoms with van der Waals surface area (Å²) in [5.41, 5.74) is 6.45. The molecule has 0 aromatic carbocycles. The summed E-state index contributed by atoms with van der Waals surface area (Å²) in [6, 6.07) is 6.10. The van der Waals surface area contributed by atoms with Gasteiger partial charge in [-0.05, 0) is 38.2 Å². The molecule has 0 aliphatic carbocycles. The van der Waals surface area contributed by atoms with Gasteiger partial charge in [0.2, 0.25) is 0 Å². The number of pyridine rings is 1. The normalized spacial score (nSPS) is 11.4. The van der Waals surface area contributed by atoms with Crippen LogP contribution in [0.5, 0.6) is 0 Å². The van der Waals surface area contributed by atoms with Gasteiger partial charge in [-0.1, -0.05) is 6.07 Å². The van der Waals surface area contributed by atoms with Gasteiger partial charge in [0, 0.05) is 30.9 Å². The minimum Gasteiger partial charge on any atom is -0.376 e. The minimum atomic E-state index is 0.208. The van der Waals surface area contributed by atoms with E-state index in [1.54, 1.807) is 6.20 Å². The van der Waals surface area contributed by atoms with Gasteiger partial charge < -0.3 is 16.4 Å². The van der Waals surface area contributed by atoms with Crippen molar-refractivity contribution in [1.29, 1.82) is 0 Å². The molecule has 0 radical (unpaired) electrons. The van der Waals surface area contributed by atoms with Crippen LogP contribution in [0.2, 0.25) is 0 Å². The van der Waals surface area contributed by atoms with Gasteiger partial charge in [0.25, 0.3) is 0 Å². The van der Waals surface area contributed by atoms with Crippen LogP contribution >= 0.6 is 12.2 Å². The van der Waals surface area contributed by atoms with Crippen LogP contribution in [0.25, 0.3) is 0 Å². The van der Waals surface area contributed by atoms with E-state index in [1.807, 2.05) is 32.0 Å². The smallest absolute Gasteiger partial charge is 0.197 e. The molecule has 0 fully saturated rings. The summed E-state index contributed by atoms with van der Waals surface area (Å²) in [6.07, 6.45) is 2.56. The van der Waals surface area contributed by atoms with Crippen molar-refractivity contribution in [3.8, 4) is 0 Å².